The third-order valence-corrected chi connectivity index (χ3v) is 10.4. The molecule has 1 aliphatic heterocycles. The smallest absolute Gasteiger partial charge is 0.301 e. The Hall–Kier alpha value is -3.12. The largest absolute Gasteiger partial charge is 0.505 e. The second-order valence-electron chi connectivity index (χ2n) is 9.65. The number of fused-ring (bicyclic) bond motifs is 1. The summed E-state index contributed by atoms with van der Waals surface area (Å²) in [6, 6.07) is 12.7. The summed E-state index contributed by atoms with van der Waals surface area (Å²) in [5.41, 5.74) is 3.44. The number of aryl methyl sites for hydroxylation is 2. The van der Waals surface area contributed by atoms with Gasteiger partial charge in [-0.05, 0) is 60.9 Å². The summed E-state index contributed by atoms with van der Waals surface area (Å²) in [7, 11) is 0. The third kappa shape index (κ3) is 5.41. The zero-order chi connectivity index (χ0) is 30.6. The van der Waals surface area contributed by atoms with Crippen molar-refractivity contribution in [2.75, 3.05) is 4.90 Å². The number of amides is 1. The Balaban J connectivity index is 1.44. The monoisotopic (exact) mass is 689 g/mol. The average molecular weight is 691 g/mol. The highest BCUT2D eigenvalue weighted by atomic mass is 35.5. The summed E-state index contributed by atoms with van der Waals surface area (Å²) in [6.45, 7) is 3.67. The fourth-order valence-corrected chi connectivity index (χ4v) is 7.57. The quantitative estimate of drug-likeness (QED) is 0.0629. The van der Waals surface area contributed by atoms with E-state index in [1.54, 1.807) is 37.3 Å². The van der Waals surface area contributed by atoms with Crippen LogP contribution in [0.4, 0.5) is 5.13 Å². The van der Waals surface area contributed by atoms with Crippen LogP contribution in [0.1, 0.15) is 34.1 Å². The van der Waals surface area contributed by atoms with E-state index < -0.39 is 23.5 Å². The average Bonchev–Trinajstić information content (AvgIpc) is 3.65. The fraction of sp³-hybridized carbons (Fsp3) is 0.138. The van der Waals surface area contributed by atoms with E-state index in [4.69, 9.17) is 46.4 Å². The van der Waals surface area contributed by atoms with E-state index >= 15 is 0 Å². The summed E-state index contributed by atoms with van der Waals surface area (Å²) >= 11 is 27.4. The van der Waals surface area contributed by atoms with Gasteiger partial charge in [0, 0.05) is 22.0 Å². The van der Waals surface area contributed by atoms with E-state index in [-0.39, 0.29) is 21.4 Å². The summed E-state index contributed by atoms with van der Waals surface area (Å²) in [5.74, 6) is -1.69. The SMILES string of the molecule is Cc1cccn2c(C)c(C(O)=C3C(=O)C(=O)N(c4nnc(SCc5ccc(Cl)cc5Cl)s4)C3c3ccc(Cl)c(Cl)c3)nc12. The second-order valence-corrected chi connectivity index (χ2v) is 13.5. The minimum Gasteiger partial charge on any atom is -0.505 e. The van der Waals surface area contributed by atoms with Crippen LogP contribution < -0.4 is 4.90 Å². The molecule has 14 heteroatoms. The zero-order valence-corrected chi connectivity index (χ0v) is 27.0. The first-order valence-electron chi connectivity index (χ1n) is 12.7. The second kappa shape index (κ2) is 11.8. The molecular weight excluding hydrogens is 672 g/mol. The molecule has 1 aliphatic rings. The summed E-state index contributed by atoms with van der Waals surface area (Å²) < 4.78 is 2.36. The number of rotatable bonds is 6. The highest BCUT2D eigenvalue weighted by molar-refractivity contribution is 8.00. The molecule has 0 bridgehead atoms. The van der Waals surface area contributed by atoms with Gasteiger partial charge >= 0.3 is 5.91 Å². The molecule has 6 rings (SSSR count). The number of imidazole rings is 1. The van der Waals surface area contributed by atoms with Crippen molar-refractivity contribution in [2.45, 2.75) is 30.0 Å². The van der Waals surface area contributed by atoms with Gasteiger partial charge < -0.3 is 9.51 Å². The number of carbonyl (C=O) groups is 2. The molecule has 3 aromatic heterocycles. The Morgan fingerprint density at radius 3 is 2.51 bits per heavy atom. The number of aromatic nitrogens is 4. The van der Waals surface area contributed by atoms with E-state index in [2.05, 4.69) is 15.2 Å². The molecule has 2 aromatic carbocycles. The molecule has 1 saturated heterocycles. The Bertz CT molecular complexity index is 1990. The van der Waals surface area contributed by atoms with Crippen LogP contribution in [-0.2, 0) is 15.3 Å². The summed E-state index contributed by atoms with van der Waals surface area (Å²) in [4.78, 5) is 33.1. The van der Waals surface area contributed by atoms with Crippen LogP contribution in [0.25, 0.3) is 11.4 Å². The van der Waals surface area contributed by atoms with Crippen LogP contribution in [0.15, 0.2) is 64.6 Å². The van der Waals surface area contributed by atoms with Crippen molar-refractivity contribution in [1.82, 2.24) is 19.6 Å². The topological polar surface area (TPSA) is 101 Å². The number of aliphatic hydroxyl groups excluding tert-OH is 1. The Labute approximate surface area is 273 Å². The molecule has 0 spiro atoms. The van der Waals surface area contributed by atoms with E-state index in [9.17, 15) is 14.7 Å². The molecule has 1 unspecified atom stereocenters. The molecule has 1 N–H and O–H groups in total. The lowest BCUT2D eigenvalue weighted by atomic mass is 9.96. The standard InChI is InChI=1S/C29H19Cl4N5O3S2/c1-13-4-3-9-37-14(2)22(34-26(13)37)24(39)21-23(15-6-8-18(31)20(33)10-15)38(27(41)25(21)40)28-35-36-29(43-28)42-12-16-5-7-17(30)11-19(16)32/h3-11,23,39H,12H2,1-2H3. The number of thioether (sulfide) groups is 1. The number of hydrogen-bond donors (Lipinski definition) is 1. The van der Waals surface area contributed by atoms with Gasteiger partial charge in [0.25, 0.3) is 5.78 Å². The van der Waals surface area contributed by atoms with Crippen LogP contribution in [-0.4, -0.2) is 36.4 Å². The Morgan fingerprint density at radius 2 is 1.79 bits per heavy atom. The number of benzene rings is 2. The third-order valence-electron chi connectivity index (χ3n) is 6.98. The molecule has 8 nitrogen and oxygen atoms in total. The van der Waals surface area contributed by atoms with Gasteiger partial charge in [0.15, 0.2) is 10.1 Å². The van der Waals surface area contributed by atoms with Crippen LogP contribution in [0.2, 0.25) is 20.1 Å². The number of pyridine rings is 1. The lowest BCUT2D eigenvalue weighted by Crippen LogP contribution is -2.29. The first-order valence-corrected chi connectivity index (χ1v) is 16.0. The van der Waals surface area contributed by atoms with Crippen molar-refractivity contribution < 1.29 is 14.7 Å². The molecule has 43 heavy (non-hydrogen) atoms. The fourth-order valence-electron chi connectivity index (χ4n) is 4.84. The number of hydrogen-bond acceptors (Lipinski definition) is 8. The van der Waals surface area contributed by atoms with Gasteiger partial charge in [-0.2, -0.15) is 0 Å². The number of Topliss-reactive ketones (excluding diaryl/α,β-unsaturated/α-hetero) is 1. The predicted octanol–water partition coefficient (Wildman–Crippen LogP) is 8.33. The van der Waals surface area contributed by atoms with E-state index in [1.807, 2.05) is 35.7 Å². The lowest BCUT2D eigenvalue weighted by molar-refractivity contribution is -0.132. The molecular formula is C29H19Cl4N5O3S2. The van der Waals surface area contributed by atoms with Crippen molar-refractivity contribution >= 4 is 97.7 Å². The van der Waals surface area contributed by atoms with Crippen LogP contribution >= 0.6 is 69.5 Å². The van der Waals surface area contributed by atoms with E-state index in [0.29, 0.717) is 42.1 Å². The number of anilines is 1. The lowest BCUT2D eigenvalue weighted by Gasteiger charge is -2.22. The number of ketones is 1. The van der Waals surface area contributed by atoms with Crippen molar-refractivity contribution in [3.05, 3.63) is 108 Å². The number of carbonyl (C=O) groups excluding carboxylic acids is 2. The molecule has 218 valence electrons. The maximum Gasteiger partial charge on any atom is 0.301 e. The molecule has 1 amide bonds. The predicted molar refractivity (Wildman–Crippen MR) is 172 cm³/mol. The Morgan fingerprint density at radius 1 is 1.00 bits per heavy atom. The zero-order valence-electron chi connectivity index (χ0n) is 22.3. The van der Waals surface area contributed by atoms with Crippen molar-refractivity contribution in [1.29, 1.82) is 0 Å². The van der Waals surface area contributed by atoms with Crippen LogP contribution in [0.3, 0.4) is 0 Å². The molecule has 0 aliphatic carbocycles. The van der Waals surface area contributed by atoms with Gasteiger partial charge in [-0.3, -0.25) is 14.5 Å². The molecule has 0 radical (unpaired) electrons. The van der Waals surface area contributed by atoms with Gasteiger partial charge in [-0.25, -0.2) is 4.98 Å². The normalized spacial score (nSPS) is 16.5. The van der Waals surface area contributed by atoms with Crippen LogP contribution in [0, 0.1) is 13.8 Å². The molecule has 5 aromatic rings. The minimum atomic E-state index is -1.07. The van der Waals surface area contributed by atoms with Gasteiger partial charge in [0.05, 0.1) is 27.4 Å². The molecule has 1 fully saturated rings. The van der Waals surface area contributed by atoms with Gasteiger partial charge in [-0.15, -0.1) is 10.2 Å². The summed E-state index contributed by atoms with van der Waals surface area (Å²) in [5, 5.41) is 21.9. The number of aliphatic hydroxyl groups is 1. The number of nitrogens with zero attached hydrogens (tertiary/aromatic N) is 5. The van der Waals surface area contributed by atoms with Crippen molar-refractivity contribution in [3.8, 4) is 0 Å². The van der Waals surface area contributed by atoms with E-state index in [1.165, 1.54) is 16.7 Å². The maximum atomic E-state index is 13.6. The first kappa shape index (κ1) is 29.9. The summed E-state index contributed by atoms with van der Waals surface area (Å²) in [6.07, 6.45) is 1.81. The molecule has 4 heterocycles. The maximum absolute atomic E-state index is 13.6. The highest BCUT2D eigenvalue weighted by Crippen LogP contribution is 2.45. The Kier molecular flexibility index (Phi) is 8.18. The first-order chi connectivity index (χ1) is 20.5. The van der Waals surface area contributed by atoms with Crippen molar-refractivity contribution in [3.63, 3.8) is 0 Å². The number of halogens is 4. The molecule has 1 atom stereocenters. The van der Waals surface area contributed by atoms with Crippen molar-refractivity contribution in [2.24, 2.45) is 0 Å². The minimum absolute atomic E-state index is 0.148. The van der Waals surface area contributed by atoms with Gasteiger partial charge in [0.1, 0.15) is 11.3 Å². The van der Waals surface area contributed by atoms with Gasteiger partial charge in [-0.1, -0.05) is 87.7 Å². The molecule has 0 saturated carbocycles. The van der Waals surface area contributed by atoms with E-state index in [0.717, 1.165) is 22.5 Å². The van der Waals surface area contributed by atoms with Crippen LogP contribution in [0.5, 0.6) is 0 Å². The van der Waals surface area contributed by atoms with Gasteiger partial charge in [0.2, 0.25) is 5.13 Å². The highest BCUT2D eigenvalue weighted by Gasteiger charge is 2.49.